The summed E-state index contributed by atoms with van der Waals surface area (Å²) in [6, 6.07) is 13.7. The van der Waals surface area contributed by atoms with Gasteiger partial charge in [0.2, 0.25) is 0 Å². The van der Waals surface area contributed by atoms with Crippen molar-refractivity contribution in [1.82, 2.24) is 4.98 Å². The fourth-order valence-corrected chi connectivity index (χ4v) is 3.51. The quantitative estimate of drug-likeness (QED) is 0.378. The predicted octanol–water partition coefficient (Wildman–Crippen LogP) is 4.47. The van der Waals surface area contributed by atoms with E-state index in [-0.39, 0.29) is 5.69 Å². The van der Waals surface area contributed by atoms with E-state index in [0.717, 1.165) is 11.3 Å². The van der Waals surface area contributed by atoms with Gasteiger partial charge < -0.3 is 14.8 Å². The van der Waals surface area contributed by atoms with Crippen molar-refractivity contribution in [3.63, 3.8) is 0 Å². The third-order valence-electron chi connectivity index (χ3n) is 4.15. The summed E-state index contributed by atoms with van der Waals surface area (Å²) in [5, 5.41) is 25.7. The molecular formula is C20H14N4O4S. The summed E-state index contributed by atoms with van der Waals surface area (Å²) < 4.78 is 11.0. The zero-order valence-electron chi connectivity index (χ0n) is 15.0. The first kappa shape index (κ1) is 18.5. The summed E-state index contributed by atoms with van der Waals surface area (Å²) >= 11 is 1.33. The number of nitro groups is 1. The number of thiazole rings is 1. The van der Waals surface area contributed by atoms with Gasteiger partial charge in [-0.05, 0) is 24.3 Å². The molecule has 4 rings (SSSR count). The molecule has 2 heterocycles. The van der Waals surface area contributed by atoms with Gasteiger partial charge in [-0.15, -0.1) is 11.3 Å². The Balaban J connectivity index is 1.52. The predicted molar refractivity (Wildman–Crippen MR) is 109 cm³/mol. The Morgan fingerprint density at radius 3 is 2.69 bits per heavy atom. The molecule has 0 spiro atoms. The molecule has 0 aliphatic carbocycles. The molecule has 1 aliphatic heterocycles. The molecule has 8 nitrogen and oxygen atoms in total. The number of ether oxygens (including phenoxy) is 2. The number of nitrogens with zero attached hydrogens (tertiary/aromatic N) is 3. The number of hydrogen-bond acceptors (Lipinski definition) is 8. The van der Waals surface area contributed by atoms with Gasteiger partial charge in [-0.2, -0.15) is 5.26 Å². The standard InChI is InChI=1S/C20H14N4O4S/c21-10-14(11-22-15-3-6-18-19(9-15)28-8-7-27-18)20-23-17(12-29-20)13-1-4-16(5-2-13)24(25)26/h1-6,9,11-12,22H,7-8H2. The molecule has 0 radical (unpaired) electrons. The van der Waals surface area contributed by atoms with Gasteiger partial charge in [0.1, 0.15) is 29.9 Å². The Labute approximate surface area is 169 Å². The van der Waals surface area contributed by atoms with E-state index in [1.165, 1.54) is 23.5 Å². The van der Waals surface area contributed by atoms with Crippen LogP contribution in [0.2, 0.25) is 0 Å². The summed E-state index contributed by atoms with van der Waals surface area (Å²) in [7, 11) is 0. The number of nitro benzene ring substituents is 1. The Kier molecular flexibility index (Phi) is 5.09. The number of allylic oxidation sites excluding steroid dienone is 1. The number of anilines is 1. The molecule has 0 saturated heterocycles. The molecule has 1 aromatic heterocycles. The summed E-state index contributed by atoms with van der Waals surface area (Å²) in [5.41, 5.74) is 2.55. The second-order valence-corrected chi connectivity index (χ2v) is 6.87. The average Bonchev–Trinajstić information content (AvgIpc) is 3.24. The van der Waals surface area contributed by atoms with Crippen LogP contribution in [0.25, 0.3) is 16.8 Å². The van der Waals surface area contributed by atoms with Crippen molar-refractivity contribution in [1.29, 1.82) is 5.26 Å². The molecule has 29 heavy (non-hydrogen) atoms. The van der Waals surface area contributed by atoms with Crippen molar-refractivity contribution in [2.24, 2.45) is 0 Å². The van der Waals surface area contributed by atoms with Crippen LogP contribution in [0.5, 0.6) is 11.5 Å². The average molecular weight is 406 g/mol. The van der Waals surface area contributed by atoms with Crippen molar-refractivity contribution in [3.8, 4) is 28.8 Å². The van der Waals surface area contributed by atoms with E-state index in [1.807, 2.05) is 23.6 Å². The molecular weight excluding hydrogens is 392 g/mol. The van der Waals surface area contributed by atoms with Crippen LogP contribution < -0.4 is 14.8 Å². The molecule has 1 aliphatic rings. The molecule has 3 aromatic rings. The topological polar surface area (TPSA) is 110 Å². The summed E-state index contributed by atoms with van der Waals surface area (Å²) in [6.07, 6.45) is 1.59. The fraction of sp³-hybridized carbons (Fsp3) is 0.100. The van der Waals surface area contributed by atoms with E-state index in [1.54, 1.807) is 18.3 Å². The van der Waals surface area contributed by atoms with Gasteiger partial charge in [0.15, 0.2) is 11.5 Å². The van der Waals surface area contributed by atoms with Gasteiger partial charge in [-0.3, -0.25) is 10.1 Å². The van der Waals surface area contributed by atoms with E-state index in [4.69, 9.17) is 9.47 Å². The molecule has 2 aromatic carbocycles. The van der Waals surface area contributed by atoms with Crippen LogP contribution in [0, 0.1) is 21.4 Å². The maximum absolute atomic E-state index is 10.8. The molecule has 0 bridgehead atoms. The second-order valence-electron chi connectivity index (χ2n) is 6.01. The lowest BCUT2D eigenvalue weighted by Crippen LogP contribution is -2.15. The highest BCUT2D eigenvalue weighted by Crippen LogP contribution is 2.33. The largest absolute Gasteiger partial charge is 0.486 e. The Hall–Kier alpha value is -3.90. The number of nitriles is 1. The highest BCUT2D eigenvalue weighted by molar-refractivity contribution is 7.11. The number of benzene rings is 2. The first-order valence-corrected chi connectivity index (χ1v) is 9.49. The number of hydrogen-bond donors (Lipinski definition) is 1. The normalized spacial score (nSPS) is 12.9. The minimum absolute atomic E-state index is 0.0189. The molecule has 0 amide bonds. The van der Waals surface area contributed by atoms with Crippen LogP contribution in [0.3, 0.4) is 0 Å². The van der Waals surface area contributed by atoms with Crippen molar-refractivity contribution < 1.29 is 14.4 Å². The van der Waals surface area contributed by atoms with Crippen LogP contribution in [0.1, 0.15) is 5.01 Å². The zero-order valence-corrected chi connectivity index (χ0v) is 15.8. The molecule has 0 saturated carbocycles. The van der Waals surface area contributed by atoms with Crippen LogP contribution in [-0.2, 0) is 0 Å². The van der Waals surface area contributed by atoms with Crippen molar-refractivity contribution in [2.75, 3.05) is 18.5 Å². The maximum atomic E-state index is 10.8. The van der Waals surface area contributed by atoms with Gasteiger partial charge in [0, 0.05) is 41.0 Å². The Morgan fingerprint density at radius 2 is 1.97 bits per heavy atom. The van der Waals surface area contributed by atoms with Gasteiger partial charge in [-0.25, -0.2) is 4.98 Å². The summed E-state index contributed by atoms with van der Waals surface area (Å²) in [5.74, 6) is 1.35. The molecule has 144 valence electrons. The fourth-order valence-electron chi connectivity index (χ4n) is 2.71. The third kappa shape index (κ3) is 4.02. The summed E-state index contributed by atoms with van der Waals surface area (Å²) in [6.45, 7) is 1.03. The number of non-ortho nitro benzene ring substituents is 1. The van der Waals surface area contributed by atoms with Gasteiger partial charge in [-0.1, -0.05) is 0 Å². The minimum atomic E-state index is -0.448. The summed E-state index contributed by atoms with van der Waals surface area (Å²) in [4.78, 5) is 14.8. The number of fused-ring (bicyclic) bond motifs is 1. The first-order chi connectivity index (χ1) is 14.1. The van der Waals surface area contributed by atoms with Gasteiger partial charge in [0.05, 0.1) is 10.6 Å². The lowest BCUT2D eigenvalue weighted by Gasteiger charge is -2.18. The molecule has 0 unspecified atom stereocenters. The number of rotatable bonds is 5. The second kappa shape index (κ2) is 8.00. The molecule has 0 atom stereocenters. The van der Waals surface area contributed by atoms with E-state index >= 15 is 0 Å². The van der Waals surface area contributed by atoms with Crippen LogP contribution in [0.4, 0.5) is 11.4 Å². The van der Waals surface area contributed by atoms with E-state index in [2.05, 4.69) is 16.4 Å². The minimum Gasteiger partial charge on any atom is -0.486 e. The van der Waals surface area contributed by atoms with E-state index < -0.39 is 4.92 Å². The smallest absolute Gasteiger partial charge is 0.269 e. The van der Waals surface area contributed by atoms with Crippen LogP contribution >= 0.6 is 11.3 Å². The molecule has 9 heteroatoms. The molecule has 0 fully saturated rings. The SMILES string of the molecule is N#CC(=CNc1ccc2c(c1)OCCO2)c1nc(-c2ccc([N+](=O)[O-])cc2)cs1. The Bertz CT molecular complexity index is 1130. The lowest BCUT2D eigenvalue weighted by atomic mass is 10.1. The van der Waals surface area contributed by atoms with Crippen molar-refractivity contribution in [3.05, 3.63) is 69.2 Å². The van der Waals surface area contributed by atoms with Crippen LogP contribution in [-0.4, -0.2) is 23.1 Å². The molecule has 1 N–H and O–H groups in total. The first-order valence-electron chi connectivity index (χ1n) is 8.61. The van der Waals surface area contributed by atoms with Crippen molar-refractivity contribution in [2.45, 2.75) is 0 Å². The maximum Gasteiger partial charge on any atom is 0.269 e. The lowest BCUT2D eigenvalue weighted by molar-refractivity contribution is -0.384. The van der Waals surface area contributed by atoms with E-state index in [9.17, 15) is 15.4 Å². The van der Waals surface area contributed by atoms with Crippen molar-refractivity contribution >= 4 is 28.3 Å². The highest BCUT2D eigenvalue weighted by atomic mass is 32.1. The highest BCUT2D eigenvalue weighted by Gasteiger charge is 2.13. The van der Waals surface area contributed by atoms with E-state index in [0.29, 0.717) is 41.0 Å². The monoisotopic (exact) mass is 406 g/mol. The van der Waals surface area contributed by atoms with Gasteiger partial charge >= 0.3 is 0 Å². The number of aromatic nitrogens is 1. The van der Waals surface area contributed by atoms with Gasteiger partial charge in [0.25, 0.3) is 5.69 Å². The van der Waals surface area contributed by atoms with Crippen LogP contribution in [0.15, 0.2) is 54.0 Å². The number of nitrogens with one attached hydrogen (secondary N) is 1. The zero-order chi connectivity index (χ0) is 20.2. The third-order valence-corrected chi connectivity index (χ3v) is 5.03. The Morgan fingerprint density at radius 1 is 1.21 bits per heavy atom.